The minimum absolute atomic E-state index is 0.122. The quantitative estimate of drug-likeness (QED) is 0.734. The van der Waals surface area contributed by atoms with E-state index in [4.69, 9.17) is 11.6 Å². The first kappa shape index (κ1) is 15.8. The number of anilines is 1. The lowest BCUT2D eigenvalue weighted by molar-refractivity contribution is 0.0964. The van der Waals surface area contributed by atoms with Crippen molar-refractivity contribution in [1.29, 1.82) is 0 Å². The van der Waals surface area contributed by atoms with Crippen LogP contribution in [0.25, 0.3) is 10.6 Å². The first-order chi connectivity index (χ1) is 12.1. The normalized spacial score (nSPS) is 12.6. The van der Waals surface area contributed by atoms with Crippen LogP contribution in [0, 0.1) is 0 Å². The monoisotopic (exact) mass is 369 g/mol. The Labute approximate surface area is 152 Å². The lowest BCUT2D eigenvalue weighted by Crippen LogP contribution is -2.14. The molecule has 0 atom stereocenters. The van der Waals surface area contributed by atoms with E-state index in [1.807, 2.05) is 18.2 Å². The van der Waals surface area contributed by atoms with Crippen LogP contribution in [0.5, 0.6) is 0 Å². The predicted molar refractivity (Wildman–Crippen MR) is 98.1 cm³/mol. The molecule has 124 valence electrons. The third kappa shape index (κ3) is 3.14. The Kier molecular flexibility index (Phi) is 3.99. The van der Waals surface area contributed by atoms with Crippen LogP contribution in [0.1, 0.15) is 26.4 Å². The van der Waals surface area contributed by atoms with Gasteiger partial charge in [0, 0.05) is 33.8 Å². The molecule has 7 heteroatoms. The van der Waals surface area contributed by atoms with E-state index in [9.17, 15) is 9.59 Å². The third-order valence-electron chi connectivity index (χ3n) is 3.86. The van der Waals surface area contributed by atoms with Crippen molar-refractivity contribution < 1.29 is 9.59 Å². The molecular formula is C18H12ClN3O2S. The molecule has 0 bridgehead atoms. The number of nitrogens with zero attached hydrogens (tertiary/aromatic N) is 1. The van der Waals surface area contributed by atoms with Gasteiger partial charge in [0.15, 0.2) is 0 Å². The number of hydrogen-bond donors (Lipinski definition) is 2. The van der Waals surface area contributed by atoms with Crippen LogP contribution in [0.4, 0.5) is 5.69 Å². The Morgan fingerprint density at radius 3 is 2.96 bits per heavy atom. The molecule has 2 aromatic carbocycles. The Bertz CT molecular complexity index is 999. The molecule has 1 aliphatic rings. The van der Waals surface area contributed by atoms with Gasteiger partial charge in [-0.05, 0) is 29.8 Å². The Morgan fingerprint density at radius 1 is 1.24 bits per heavy atom. The van der Waals surface area contributed by atoms with Crippen molar-refractivity contribution >= 4 is 40.4 Å². The minimum atomic E-state index is -0.317. The highest BCUT2D eigenvalue weighted by Gasteiger charge is 2.19. The third-order valence-corrected chi connectivity index (χ3v) is 4.99. The molecule has 3 aromatic rings. The minimum Gasteiger partial charge on any atom is -0.348 e. The van der Waals surface area contributed by atoms with E-state index in [-0.39, 0.29) is 11.8 Å². The van der Waals surface area contributed by atoms with Crippen LogP contribution in [0.3, 0.4) is 0 Å². The van der Waals surface area contributed by atoms with Crippen molar-refractivity contribution in [1.82, 2.24) is 10.3 Å². The van der Waals surface area contributed by atoms with Gasteiger partial charge in [-0.15, -0.1) is 11.3 Å². The first-order valence-electron chi connectivity index (χ1n) is 7.54. The molecule has 2 N–H and O–H groups in total. The number of aromatic nitrogens is 1. The summed E-state index contributed by atoms with van der Waals surface area (Å²) in [7, 11) is 0. The summed E-state index contributed by atoms with van der Waals surface area (Å²) in [5, 5.41) is 8.58. The fraction of sp³-hybridized carbons (Fsp3) is 0.0556. The van der Waals surface area contributed by atoms with Crippen LogP contribution in [-0.2, 0) is 6.54 Å². The standard InChI is InChI=1S/C18H12ClN3O2S/c19-12-3-1-2-10(6-12)18-22-15(9-25-18)17(24)21-13-5-4-11-8-20-16(23)14(11)7-13/h1-7,9H,8H2,(H,20,23)(H,21,24). The molecule has 0 unspecified atom stereocenters. The van der Waals surface area contributed by atoms with Gasteiger partial charge in [0.1, 0.15) is 10.7 Å². The van der Waals surface area contributed by atoms with E-state index in [0.29, 0.717) is 28.5 Å². The van der Waals surface area contributed by atoms with Gasteiger partial charge < -0.3 is 10.6 Å². The molecule has 0 spiro atoms. The summed E-state index contributed by atoms with van der Waals surface area (Å²) < 4.78 is 0. The van der Waals surface area contributed by atoms with Crippen LogP contribution in [0.2, 0.25) is 5.02 Å². The number of hydrogen-bond acceptors (Lipinski definition) is 4. The molecule has 2 amide bonds. The molecule has 1 aliphatic heterocycles. The van der Waals surface area contributed by atoms with Crippen LogP contribution >= 0.6 is 22.9 Å². The fourth-order valence-electron chi connectivity index (χ4n) is 2.62. The zero-order chi connectivity index (χ0) is 17.4. The molecule has 0 saturated carbocycles. The summed E-state index contributed by atoms with van der Waals surface area (Å²) in [6, 6.07) is 12.6. The zero-order valence-corrected chi connectivity index (χ0v) is 14.4. The largest absolute Gasteiger partial charge is 0.348 e. The van der Waals surface area contributed by atoms with E-state index in [0.717, 1.165) is 16.1 Å². The Morgan fingerprint density at radius 2 is 2.12 bits per heavy atom. The highest BCUT2D eigenvalue weighted by Crippen LogP contribution is 2.26. The van der Waals surface area contributed by atoms with Crippen molar-refractivity contribution in [2.24, 2.45) is 0 Å². The zero-order valence-electron chi connectivity index (χ0n) is 12.9. The maximum absolute atomic E-state index is 12.4. The average molecular weight is 370 g/mol. The van der Waals surface area contributed by atoms with E-state index >= 15 is 0 Å². The van der Waals surface area contributed by atoms with Gasteiger partial charge in [-0.1, -0.05) is 29.8 Å². The van der Waals surface area contributed by atoms with Gasteiger partial charge in [0.05, 0.1) is 0 Å². The Hall–Kier alpha value is -2.70. The fourth-order valence-corrected chi connectivity index (χ4v) is 3.61. The molecule has 0 aliphatic carbocycles. The molecule has 0 fully saturated rings. The van der Waals surface area contributed by atoms with Gasteiger partial charge in [-0.25, -0.2) is 4.98 Å². The summed E-state index contributed by atoms with van der Waals surface area (Å²) >= 11 is 7.37. The summed E-state index contributed by atoms with van der Waals surface area (Å²) in [4.78, 5) is 28.5. The molecule has 1 aromatic heterocycles. The number of nitrogens with one attached hydrogen (secondary N) is 2. The number of rotatable bonds is 3. The van der Waals surface area contributed by atoms with Crippen molar-refractivity contribution in [3.05, 3.63) is 69.7 Å². The maximum atomic E-state index is 12.4. The second-order valence-electron chi connectivity index (χ2n) is 5.56. The van der Waals surface area contributed by atoms with Gasteiger partial charge >= 0.3 is 0 Å². The molecule has 2 heterocycles. The Balaban J connectivity index is 1.54. The number of fused-ring (bicyclic) bond motifs is 1. The number of amides is 2. The summed E-state index contributed by atoms with van der Waals surface area (Å²) in [5.41, 5.74) is 3.28. The number of carbonyl (C=O) groups excluding carboxylic acids is 2. The van der Waals surface area contributed by atoms with Crippen LogP contribution < -0.4 is 10.6 Å². The maximum Gasteiger partial charge on any atom is 0.275 e. The number of halogens is 1. The smallest absolute Gasteiger partial charge is 0.275 e. The molecule has 25 heavy (non-hydrogen) atoms. The summed E-state index contributed by atoms with van der Waals surface area (Å²) in [6.07, 6.45) is 0. The molecule has 5 nitrogen and oxygen atoms in total. The van der Waals surface area contributed by atoms with Gasteiger partial charge in [-0.2, -0.15) is 0 Å². The van der Waals surface area contributed by atoms with Crippen LogP contribution in [-0.4, -0.2) is 16.8 Å². The summed E-state index contributed by atoms with van der Waals surface area (Å²) in [5.74, 6) is -0.439. The summed E-state index contributed by atoms with van der Waals surface area (Å²) in [6.45, 7) is 0.525. The second kappa shape index (κ2) is 6.31. The van der Waals surface area contributed by atoms with E-state index < -0.39 is 0 Å². The van der Waals surface area contributed by atoms with Gasteiger partial charge in [-0.3, -0.25) is 9.59 Å². The van der Waals surface area contributed by atoms with Crippen molar-refractivity contribution in [3.8, 4) is 10.6 Å². The van der Waals surface area contributed by atoms with Gasteiger partial charge in [0.2, 0.25) is 0 Å². The highest BCUT2D eigenvalue weighted by molar-refractivity contribution is 7.13. The van der Waals surface area contributed by atoms with Crippen LogP contribution in [0.15, 0.2) is 47.8 Å². The molecule has 0 radical (unpaired) electrons. The molecule has 4 rings (SSSR count). The molecular weight excluding hydrogens is 358 g/mol. The SMILES string of the molecule is O=C(Nc1ccc2c(c1)C(=O)NC2)c1csc(-c2cccc(Cl)c2)n1. The van der Waals surface area contributed by atoms with Gasteiger partial charge in [0.25, 0.3) is 11.8 Å². The number of benzene rings is 2. The second-order valence-corrected chi connectivity index (χ2v) is 6.85. The lowest BCUT2D eigenvalue weighted by atomic mass is 10.1. The van der Waals surface area contributed by atoms with Crippen molar-refractivity contribution in [2.45, 2.75) is 6.54 Å². The number of thiazole rings is 1. The highest BCUT2D eigenvalue weighted by atomic mass is 35.5. The van der Waals surface area contributed by atoms with Crippen molar-refractivity contribution in [3.63, 3.8) is 0 Å². The van der Waals surface area contributed by atoms with Crippen molar-refractivity contribution in [2.75, 3.05) is 5.32 Å². The first-order valence-corrected chi connectivity index (χ1v) is 8.80. The van der Waals surface area contributed by atoms with E-state index in [1.165, 1.54) is 11.3 Å². The average Bonchev–Trinajstić information content (AvgIpc) is 3.23. The molecule has 0 saturated heterocycles. The number of carbonyl (C=O) groups is 2. The topological polar surface area (TPSA) is 71.1 Å². The predicted octanol–water partition coefficient (Wildman–Crippen LogP) is 3.96. The van der Waals surface area contributed by atoms with E-state index in [2.05, 4.69) is 15.6 Å². The van der Waals surface area contributed by atoms with E-state index in [1.54, 1.807) is 29.6 Å². The lowest BCUT2D eigenvalue weighted by Gasteiger charge is -2.05.